The van der Waals surface area contributed by atoms with E-state index < -0.39 is 0 Å². The van der Waals surface area contributed by atoms with Gasteiger partial charge in [0, 0.05) is 26.2 Å². The number of hydrogen-bond donors (Lipinski definition) is 2. The quantitative estimate of drug-likeness (QED) is 0.443. The van der Waals surface area contributed by atoms with Crippen LogP contribution in [-0.4, -0.2) is 50.1 Å². The van der Waals surface area contributed by atoms with Crippen LogP contribution in [0.5, 0.6) is 0 Å². The first kappa shape index (κ1) is 18.0. The number of hydrogen-bond acceptors (Lipinski definition) is 2. The summed E-state index contributed by atoms with van der Waals surface area (Å²) in [4.78, 5) is 6.79. The topological polar surface area (TPSA) is 39.7 Å². The number of nitrogens with zero attached hydrogens (tertiary/aromatic N) is 2. The fourth-order valence-corrected chi connectivity index (χ4v) is 2.31. The van der Waals surface area contributed by atoms with Gasteiger partial charge >= 0.3 is 0 Å². The Hall–Kier alpha value is -0.0400. The molecule has 1 atom stereocenters. The Kier molecular flexibility index (Phi) is 9.81. The van der Waals surface area contributed by atoms with E-state index in [0.717, 1.165) is 18.4 Å². The predicted octanol–water partition coefficient (Wildman–Crippen LogP) is 1.91. The van der Waals surface area contributed by atoms with E-state index >= 15 is 0 Å². The molecule has 4 nitrogen and oxygen atoms in total. The van der Waals surface area contributed by atoms with Gasteiger partial charge in [-0.2, -0.15) is 0 Å². The van der Waals surface area contributed by atoms with Crippen molar-refractivity contribution in [2.75, 3.05) is 33.2 Å². The Morgan fingerprint density at radius 3 is 2.72 bits per heavy atom. The van der Waals surface area contributed by atoms with Gasteiger partial charge in [0.15, 0.2) is 5.96 Å². The van der Waals surface area contributed by atoms with Crippen molar-refractivity contribution in [3.05, 3.63) is 0 Å². The first-order valence-electron chi connectivity index (χ1n) is 6.85. The Bertz CT molecular complexity index is 243. The maximum Gasteiger partial charge on any atom is 0.191 e. The molecule has 0 aliphatic carbocycles. The number of nitrogens with one attached hydrogen (secondary N) is 2. The number of rotatable bonds is 5. The van der Waals surface area contributed by atoms with Crippen molar-refractivity contribution in [3.8, 4) is 0 Å². The third-order valence-electron chi connectivity index (χ3n) is 3.12. The van der Waals surface area contributed by atoms with Crippen molar-refractivity contribution in [2.24, 2.45) is 10.9 Å². The van der Waals surface area contributed by atoms with Crippen LogP contribution in [0, 0.1) is 5.92 Å². The van der Waals surface area contributed by atoms with Crippen LogP contribution in [0.15, 0.2) is 4.99 Å². The monoisotopic (exact) mass is 368 g/mol. The first-order chi connectivity index (χ1) is 8.15. The van der Waals surface area contributed by atoms with Gasteiger partial charge in [0.05, 0.1) is 0 Å². The van der Waals surface area contributed by atoms with Gasteiger partial charge in [-0.3, -0.25) is 4.99 Å². The molecule has 0 bridgehead atoms. The maximum atomic E-state index is 4.23. The van der Waals surface area contributed by atoms with E-state index in [1.165, 1.54) is 32.5 Å². The summed E-state index contributed by atoms with van der Waals surface area (Å²) in [7, 11) is 1.83. The van der Waals surface area contributed by atoms with Gasteiger partial charge < -0.3 is 15.5 Å². The molecule has 1 aliphatic rings. The van der Waals surface area contributed by atoms with Crippen LogP contribution in [0.2, 0.25) is 0 Å². The molecule has 0 spiro atoms. The van der Waals surface area contributed by atoms with Crippen LogP contribution >= 0.6 is 24.0 Å². The van der Waals surface area contributed by atoms with E-state index in [4.69, 9.17) is 0 Å². The molecular weight excluding hydrogens is 339 g/mol. The Balaban J connectivity index is 0.00000289. The third kappa shape index (κ3) is 6.78. The van der Waals surface area contributed by atoms with Crippen LogP contribution in [-0.2, 0) is 0 Å². The van der Waals surface area contributed by atoms with Crippen molar-refractivity contribution in [1.82, 2.24) is 15.5 Å². The zero-order chi connectivity index (χ0) is 12.7. The molecule has 0 aromatic carbocycles. The summed E-state index contributed by atoms with van der Waals surface area (Å²) in [5.74, 6) is 1.70. The average molecular weight is 368 g/mol. The summed E-state index contributed by atoms with van der Waals surface area (Å²) in [5.41, 5.74) is 0. The normalized spacial score (nSPS) is 20.9. The van der Waals surface area contributed by atoms with E-state index in [2.05, 4.69) is 41.3 Å². The molecule has 18 heavy (non-hydrogen) atoms. The van der Waals surface area contributed by atoms with Crippen molar-refractivity contribution >= 4 is 29.9 Å². The summed E-state index contributed by atoms with van der Waals surface area (Å²) in [6.07, 6.45) is 2.57. The molecule has 1 unspecified atom stereocenters. The van der Waals surface area contributed by atoms with Crippen LogP contribution < -0.4 is 10.6 Å². The molecule has 1 rings (SSSR count). The molecule has 0 radical (unpaired) electrons. The van der Waals surface area contributed by atoms with Crippen LogP contribution in [0.25, 0.3) is 0 Å². The minimum Gasteiger partial charge on any atom is -0.356 e. The van der Waals surface area contributed by atoms with Crippen molar-refractivity contribution < 1.29 is 0 Å². The van der Waals surface area contributed by atoms with Gasteiger partial charge in [-0.25, -0.2) is 0 Å². The molecule has 1 aliphatic heterocycles. The van der Waals surface area contributed by atoms with Crippen molar-refractivity contribution in [1.29, 1.82) is 0 Å². The first-order valence-corrected chi connectivity index (χ1v) is 6.85. The number of guanidine groups is 1. The van der Waals surface area contributed by atoms with Crippen LogP contribution in [0.4, 0.5) is 0 Å². The largest absolute Gasteiger partial charge is 0.356 e. The Labute approximate surface area is 129 Å². The Morgan fingerprint density at radius 1 is 1.44 bits per heavy atom. The molecule has 0 aromatic rings. The number of aliphatic imine (C=N–C) groups is 1. The maximum absolute atomic E-state index is 4.23. The molecule has 0 amide bonds. The summed E-state index contributed by atoms with van der Waals surface area (Å²) < 4.78 is 0. The zero-order valence-electron chi connectivity index (χ0n) is 12.2. The lowest BCUT2D eigenvalue weighted by Gasteiger charge is -2.18. The third-order valence-corrected chi connectivity index (χ3v) is 3.12. The van der Waals surface area contributed by atoms with E-state index in [1.54, 1.807) is 0 Å². The highest BCUT2D eigenvalue weighted by atomic mass is 127. The standard InChI is InChI=1S/C13H28N4.HI/c1-5-7-17-8-6-12(10-17)9-15-13(14-4)16-11(2)3;/h11-12H,5-10H2,1-4H3,(H2,14,15,16);1H. The van der Waals surface area contributed by atoms with Gasteiger partial charge in [-0.1, -0.05) is 6.92 Å². The highest BCUT2D eigenvalue weighted by Crippen LogP contribution is 2.15. The second-order valence-corrected chi connectivity index (χ2v) is 5.21. The van der Waals surface area contributed by atoms with Gasteiger partial charge in [-0.05, 0) is 45.7 Å². The lowest BCUT2D eigenvalue weighted by molar-refractivity contribution is 0.324. The van der Waals surface area contributed by atoms with E-state index in [0.29, 0.717) is 6.04 Å². The predicted molar refractivity (Wildman–Crippen MR) is 89.9 cm³/mol. The lowest BCUT2D eigenvalue weighted by atomic mass is 10.1. The second kappa shape index (κ2) is 9.83. The van der Waals surface area contributed by atoms with E-state index in [1.807, 2.05) is 7.05 Å². The fraction of sp³-hybridized carbons (Fsp3) is 0.923. The molecule has 0 saturated carbocycles. The van der Waals surface area contributed by atoms with Crippen LogP contribution in [0.1, 0.15) is 33.6 Å². The van der Waals surface area contributed by atoms with Crippen molar-refractivity contribution in [3.63, 3.8) is 0 Å². The SMILES string of the molecule is CCCN1CCC(CNC(=NC)NC(C)C)C1.I. The van der Waals surface area contributed by atoms with Gasteiger partial charge in [0.1, 0.15) is 0 Å². The van der Waals surface area contributed by atoms with Gasteiger partial charge in [0.25, 0.3) is 0 Å². The highest BCUT2D eigenvalue weighted by molar-refractivity contribution is 14.0. The second-order valence-electron chi connectivity index (χ2n) is 5.21. The summed E-state index contributed by atoms with van der Waals surface area (Å²) in [5, 5.41) is 6.73. The summed E-state index contributed by atoms with van der Waals surface area (Å²) in [6.45, 7) is 11.3. The molecule has 5 heteroatoms. The Morgan fingerprint density at radius 2 is 2.17 bits per heavy atom. The zero-order valence-corrected chi connectivity index (χ0v) is 14.5. The van der Waals surface area contributed by atoms with Crippen molar-refractivity contribution in [2.45, 2.75) is 39.7 Å². The van der Waals surface area contributed by atoms with Gasteiger partial charge in [0.2, 0.25) is 0 Å². The minimum atomic E-state index is 0. The summed E-state index contributed by atoms with van der Waals surface area (Å²) in [6, 6.07) is 0.432. The van der Waals surface area contributed by atoms with Gasteiger partial charge in [-0.15, -0.1) is 24.0 Å². The molecule has 108 valence electrons. The molecule has 0 aromatic heterocycles. The minimum absolute atomic E-state index is 0. The molecule has 2 N–H and O–H groups in total. The molecule has 1 heterocycles. The summed E-state index contributed by atoms with van der Waals surface area (Å²) >= 11 is 0. The van der Waals surface area contributed by atoms with E-state index in [-0.39, 0.29) is 24.0 Å². The smallest absolute Gasteiger partial charge is 0.191 e. The fourth-order valence-electron chi connectivity index (χ4n) is 2.31. The highest BCUT2D eigenvalue weighted by Gasteiger charge is 2.21. The molecular formula is C13H29IN4. The molecule has 1 saturated heterocycles. The molecule has 1 fully saturated rings. The number of likely N-dealkylation sites (tertiary alicyclic amines) is 1. The lowest BCUT2D eigenvalue weighted by Crippen LogP contribution is -2.43. The van der Waals surface area contributed by atoms with Crippen LogP contribution in [0.3, 0.4) is 0 Å². The average Bonchev–Trinajstić information content (AvgIpc) is 2.72. The number of halogens is 1. The van der Waals surface area contributed by atoms with E-state index in [9.17, 15) is 0 Å².